The Balaban J connectivity index is 1.85. The van der Waals surface area contributed by atoms with Gasteiger partial charge in [0.05, 0.1) is 36.3 Å². The molecule has 2 aromatic carbocycles. The first-order valence-corrected chi connectivity index (χ1v) is 8.22. The number of rotatable bonds is 5. The summed E-state index contributed by atoms with van der Waals surface area (Å²) in [4.78, 5) is 12.6. The van der Waals surface area contributed by atoms with Crippen LogP contribution in [0.3, 0.4) is 0 Å². The number of hydrogen-bond donors (Lipinski definition) is 1. The lowest BCUT2D eigenvalue weighted by Crippen LogP contribution is -2.14. The molecule has 6 heteroatoms. The van der Waals surface area contributed by atoms with Crippen molar-refractivity contribution in [2.75, 3.05) is 12.4 Å². The summed E-state index contributed by atoms with van der Waals surface area (Å²) in [6, 6.07) is 13.4. The maximum Gasteiger partial charge on any atom is 0.259 e. The number of anilines is 1. The molecule has 0 spiro atoms. The van der Waals surface area contributed by atoms with E-state index in [4.69, 9.17) is 4.74 Å². The van der Waals surface area contributed by atoms with Gasteiger partial charge in [-0.2, -0.15) is 5.10 Å². The summed E-state index contributed by atoms with van der Waals surface area (Å²) < 4.78 is 20.4. The zero-order chi connectivity index (χ0) is 18.7. The third-order valence-corrected chi connectivity index (χ3v) is 4.19. The van der Waals surface area contributed by atoms with Crippen LogP contribution >= 0.6 is 0 Å². The van der Waals surface area contributed by atoms with Gasteiger partial charge in [0.15, 0.2) is 0 Å². The van der Waals surface area contributed by atoms with E-state index < -0.39 is 0 Å². The van der Waals surface area contributed by atoms with Gasteiger partial charge in [-0.3, -0.25) is 9.48 Å². The molecule has 0 saturated heterocycles. The number of carbonyl (C=O) groups is 1. The van der Waals surface area contributed by atoms with Crippen LogP contribution < -0.4 is 10.1 Å². The normalized spacial score (nSPS) is 10.6. The molecule has 0 radical (unpaired) electrons. The Hall–Kier alpha value is -3.15. The topological polar surface area (TPSA) is 56.1 Å². The maximum absolute atomic E-state index is 13.4. The second kappa shape index (κ2) is 7.39. The number of nitrogens with one attached hydrogen (secondary N) is 1. The minimum absolute atomic E-state index is 0.265. The van der Waals surface area contributed by atoms with Crippen molar-refractivity contribution in [2.24, 2.45) is 0 Å². The van der Waals surface area contributed by atoms with E-state index in [2.05, 4.69) is 10.4 Å². The van der Waals surface area contributed by atoms with Gasteiger partial charge in [-0.25, -0.2) is 4.39 Å². The molecule has 26 heavy (non-hydrogen) atoms. The summed E-state index contributed by atoms with van der Waals surface area (Å²) in [6.45, 7) is 4.12. The van der Waals surface area contributed by atoms with Crippen molar-refractivity contribution in [3.63, 3.8) is 0 Å². The van der Waals surface area contributed by atoms with E-state index in [0.29, 0.717) is 29.2 Å². The molecule has 134 valence electrons. The highest BCUT2D eigenvalue weighted by molar-refractivity contribution is 6.06. The SMILES string of the molecule is COc1ccccc1C(=O)Nc1c(C)nn(Cc2cccc(F)c2)c1C. The van der Waals surface area contributed by atoms with Gasteiger partial charge >= 0.3 is 0 Å². The van der Waals surface area contributed by atoms with Crippen molar-refractivity contribution >= 4 is 11.6 Å². The third-order valence-electron chi connectivity index (χ3n) is 4.19. The van der Waals surface area contributed by atoms with Gasteiger partial charge in [-0.1, -0.05) is 24.3 Å². The average Bonchev–Trinajstić information content (AvgIpc) is 2.89. The first-order valence-electron chi connectivity index (χ1n) is 8.22. The van der Waals surface area contributed by atoms with E-state index in [-0.39, 0.29) is 11.7 Å². The molecule has 0 fully saturated rings. The van der Waals surface area contributed by atoms with Gasteiger partial charge in [0.2, 0.25) is 0 Å². The van der Waals surface area contributed by atoms with Crippen LogP contribution in [0.1, 0.15) is 27.3 Å². The molecule has 3 aromatic rings. The van der Waals surface area contributed by atoms with Crippen molar-refractivity contribution in [3.8, 4) is 5.75 Å². The summed E-state index contributed by atoms with van der Waals surface area (Å²) in [5.41, 5.74) is 3.40. The van der Waals surface area contributed by atoms with Gasteiger partial charge in [-0.15, -0.1) is 0 Å². The molecule has 0 aliphatic rings. The standard InChI is InChI=1S/C20H20FN3O2/c1-13-19(22-20(25)17-9-4-5-10-18(17)26-3)14(2)24(23-13)12-15-7-6-8-16(21)11-15/h4-11H,12H2,1-3H3,(H,22,25). The molecule has 0 atom stereocenters. The summed E-state index contributed by atoms with van der Waals surface area (Å²) >= 11 is 0. The molecule has 5 nitrogen and oxygen atoms in total. The maximum atomic E-state index is 13.4. The number of hydrogen-bond acceptors (Lipinski definition) is 3. The van der Waals surface area contributed by atoms with E-state index in [1.54, 1.807) is 28.9 Å². The number of aromatic nitrogens is 2. The van der Waals surface area contributed by atoms with Crippen LogP contribution in [0.2, 0.25) is 0 Å². The molecule has 3 rings (SSSR count). The summed E-state index contributed by atoms with van der Waals surface area (Å²) in [7, 11) is 1.53. The summed E-state index contributed by atoms with van der Waals surface area (Å²) in [6.07, 6.45) is 0. The molecule has 0 aliphatic heterocycles. The Morgan fingerprint density at radius 2 is 1.96 bits per heavy atom. The van der Waals surface area contributed by atoms with Gasteiger partial charge in [-0.05, 0) is 43.7 Å². The van der Waals surface area contributed by atoms with Crippen LogP contribution in [0.15, 0.2) is 48.5 Å². The Morgan fingerprint density at radius 3 is 2.69 bits per heavy atom. The van der Waals surface area contributed by atoms with Crippen LogP contribution in [0.4, 0.5) is 10.1 Å². The molecule has 1 aromatic heterocycles. The van der Waals surface area contributed by atoms with Crippen LogP contribution in [0, 0.1) is 19.7 Å². The van der Waals surface area contributed by atoms with E-state index in [9.17, 15) is 9.18 Å². The number of ether oxygens (including phenoxy) is 1. The molecule has 1 heterocycles. The molecular formula is C20H20FN3O2. The minimum Gasteiger partial charge on any atom is -0.496 e. The fourth-order valence-corrected chi connectivity index (χ4v) is 2.85. The highest BCUT2D eigenvalue weighted by atomic mass is 19.1. The van der Waals surface area contributed by atoms with Crippen molar-refractivity contribution < 1.29 is 13.9 Å². The fraction of sp³-hybridized carbons (Fsp3) is 0.200. The summed E-state index contributed by atoms with van der Waals surface area (Å²) in [5, 5.41) is 7.38. The monoisotopic (exact) mass is 353 g/mol. The Labute approximate surface area is 151 Å². The number of nitrogens with zero attached hydrogens (tertiary/aromatic N) is 2. The number of methoxy groups -OCH3 is 1. The highest BCUT2D eigenvalue weighted by Gasteiger charge is 2.17. The van der Waals surface area contributed by atoms with Crippen LogP contribution in [-0.4, -0.2) is 22.8 Å². The first kappa shape index (κ1) is 17.7. The second-order valence-electron chi connectivity index (χ2n) is 5.99. The van der Waals surface area contributed by atoms with E-state index in [0.717, 1.165) is 11.3 Å². The first-order chi connectivity index (χ1) is 12.5. The van der Waals surface area contributed by atoms with Gasteiger partial charge in [0.1, 0.15) is 11.6 Å². The van der Waals surface area contributed by atoms with E-state index in [1.165, 1.54) is 19.2 Å². The van der Waals surface area contributed by atoms with Gasteiger partial charge < -0.3 is 10.1 Å². The van der Waals surface area contributed by atoms with E-state index in [1.807, 2.05) is 26.0 Å². The Morgan fingerprint density at radius 1 is 1.19 bits per heavy atom. The van der Waals surface area contributed by atoms with Crippen molar-refractivity contribution in [3.05, 3.63) is 76.9 Å². The lowest BCUT2D eigenvalue weighted by atomic mass is 10.1. The largest absolute Gasteiger partial charge is 0.496 e. The highest BCUT2D eigenvalue weighted by Crippen LogP contribution is 2.24. The predicted octanol–water partition coefficient (Wildman–Crippen LogP) is 3.95. The number of para-hydroxylation sites is 1. The third kappa shape index (κ3) is 3.59. The molecule has 1 N–H and O–H groups in total. The van der Waals surface area contributed by atoms with Crippen LogP contribution in [-0.2, 0) is 6.54 Å². The molecule has 0 saturated carbocycles. The lowest BCUT2D eigenvalue weighted by molar-refractivity contribution is 0.102. The molecule has 0 bridgehead atoms. The zero-order valence-corrected chi connectivity index (χ0v) is 14.9. The number of carbonyl (C=O) groups excluding carboxylic acids is 1. The van der Waals surface area contributed by atoms with Crippen LogP contribution in [0.5, 0.6) is 5.75 Å². The summed E-state index contributed by atoms with van der Waals surface area (Å²) in [5.74, 6) is -0.0415. The van der Waals surface area contributed by atoms with Crippen molar-refractivity contribution in [1.29, 1.82) is 0 Å². The van der Waals surface area contributed by atoms with Crippen LogP contribution in [0.25, 0.3) is 0 Å². The number of amides is 1. The fourth-order valence-electron chi connectivity index (χ4n) is 2.85. The smallest absolute Gasteiger partial charge is 0.259 e. The zero-order valence-electron chi connectivity index (χ0n) is 14.9. The van der Waals surface area contributed by atoms with Gasteiger partial charge in [0.25, 0.3) is 5.91 Å². The van der Waals surface area contributed by atoms with Crippen molar-refractivity contribution in [2.45, 2.75) is 20.4 Å². The molecule has 0 aliphatic carbocycles. The minimum atomic E-state index is -0.284. The predicted molar refractivity (Wildman–Crippen MR) is 98.2 cm³/mol. The number of aryl methyl sites for hydroxylation is 1. The van der Waals surface area contributed by atoms with Crippen molar-refractivity contribution in [1.82, 2.24) is 9.78 Å². The Kier molecular flexibility index (Phi) is 5.02. The van der Waals surface area contributed by atoms with Gasteiger partial charge in [0, 0.05) is 0 Å². The average molecular weight is 353 g/mol. The number of benzene rings is 2. The quantitative estimate of drug-likeness (QED) is 0.756. The van der Waals surface area contributed by atoms with E-state index >= 15 is 0 Å². The molecular weight excluding hydrogens is 333 g/mol. The molecule has 0 unspecified atom stereocenters. The Bertz CT molecular complexity index is 950. The second-order valence-corrected chi connectivity index (χ2v) is 5.99. The molecule has 1 amide bonds. The number of halogens is 1. The lowest BCUT2D eigenvalue weighted by Gasteiger charge is -2.10.